The van der Waals surface area contributed by atoms with Crippen molar-refractivity contribution in [2.24, 2.45) is 0 Å². The first-order valence-corrected chi connectivity index (χ1v) is 14.9. The fourth-order valence-corrected chi connectivity index (χ4v) is 5.02. The van der Waals surface area contributed by atoms with Gasteiger partial charge in [-0.1, -0.05) is 19.3 Å². The van der Waals surface area contributed by atoms with E-state index in [0.29, 0.717) is 37.8 Å². The van der Waals surface area contributed by atoms with E-state index in [9.17, 15) is 18.0 Å². The van der Waals surface area contributed by atoms with Crippen LogP contribution in [0.1, 0.15) is 68.8 Å². The van der Waals surface area contributed by atoms with E-state index in [0.717, 1.165) is 43.3 Å². The van der Waals surface area contributed by atoms with Gasteiger partial charge in [-0.25, -0.2) is 8.42 Å². The molecule has 0 atom stereocenters. The Balaban J connectivity index is 1.75. The maximum absolute atomic E-state index is 13.0. The van der Waals surface area contributed by atoms with Gasteiger partial charge in [-0.05, 0) is 57.0 Å². The zero-order valence-corrected chi connectivity index (χ0v) is 23.2. The summed E-state index contributed by atoms with van der Waals surface area (Å²) >= 11 is 0. The first kappa shape index (κ1) is 28.6. The van der Waals surface area contributed by atoms with Crippen molar-refractivity contribution in [1.29, 1.82) is 0 Å². The molecule has 2 amide bonds. The summed E-state index contributed by atoms with van der Waals surface area (Å²) in [6.45, 7) is 9.00. The van der Waals surface area contributed by atoms with Crippen LogP contribution in [0, 0.1) is 0 Å². The molecule has 204 valence electrons. The van der Waals surface area contributed by atoms with Crippen LogP contribution in [0.2, 0.25) is 0 Å². The number of benzene rings is 1. The van der Waals surface area contributed by atoms with Gasteiger partial charge in [0.15, 0.2) is 5.82 Å². The molecule has 1 aromatic heterocycles. The van der Waals surface area contributed by atoms with Gasteiger partial charge < -0.3 is 10.2 Å². The summed E-state index contributed by atoms with van der Waals surface area (Å²) in [5, 5.41) is 7.07. The highest BCUT2D eigenvalue weighted by Gasteiger charge is 2.21. The molecular formula is C26H40N6O4S. The summed E-state index contributed by atoms with van der Waals surface area (Å²) in [6.07, 6.45) is 8.28. The summed E-state index contributed by atoms with van der Waals surface area (Å²) in [6, 6.07) is 7.48. The summed E-state index contributed by atoms with van der Waals surface area (Å²) in [4.78, 5) is 29.8. The molecule has 37 heavy (non-hydrogen) atoms. The van der Waals surface area contributed by atoms with E-state index < -0.39 is 10.0 Å². The number of rotatable bonds is 7. The topological polar surface area (TPSA) is 117 Å². The number of nitrogens with one attached hydrogen (secondary N) is 2. The molecule has 0 aliphatic carbocycles. The lowest BCUT2D eigenvalue weighted by molar-refractivity contribution is -0.116. The van der Waals surface area contributed by atoms with Crippen molar-refractivity contribution in [3.05, 3.63) is 41.6 Å². The molecule has 0 spiro atoms. The minimum atomic E-state index is -3.40. The highest BCUT2D eigenvalue weighted by Crippen LogP contribution is 2.26. The van der Waals surface area contributed by atoms with Crippen molar-refractivity contribution in [2.45, 2.75) is 72.0 Å². The van der Waals surface area contributed by atoms with E-state index in [-0.39, 0.29) is 17.6 Å². The molecule has 1 aliphatic heterocycles. The molecular weight excluding hydrogens is 492 g/mol. The number of carbonyl (C=O) groups excluding carboxylic acids is 2. The van der Waals surface area contributed by atoms with Crippen molar-refractivity contribution in [3.8, 4) is 0 Å². The van der Waals surface area contributed by atoms with Gasteiger partial charge in [0.25, 0.3) is 5.91 Å². The molecule has 0 saturated carbocycles. The molecule has 10 nitrogen and oxygen atoms in total. The standard InChI is InChI=1S/C26H40N6O4S/c1-20(2)30-14-8-6-5-7-9-15-32(21(3)33)24-11-10-22(18-23(24)19-30)26(34)27-13-17-31-16-12-25(28-31)29-37(4,35)36/h10-12,16,18,20H,5-9,13-15,17,19H2,1-4H3,(H,27,34)(H,28,29). The predicted molar refractivity (Wildman–Crippen MR) is 146 cm³/mol. The highest BCUT2D eigenvalue weighted by molar-refractivity contribution is 7.92. The first-order valence-electron chi connectivity index (χ1n) is 13.0. The molecule has 2 N–H and O–H groups in total. The number of carbonyl (C=O) groups is 2. The van der Waals surface area contributed by atoms with Crippen LogP contribution < -0.4 is 14.9 Å². The number of hydrogen-bond donors (Lipinski definition) is 2. The quantitative estimate of drug-likeness (QED) is 0.566. The van der Waals surface area contributed by atoms with Gasteiger partial charge in [0.2, 0.25) is 15.9 Å². The number of fused-ring (bicyclic) bond motifs is 1. The van der Waals surface area contributed by atoms with Crippen LogP contribution >= 0.6 is 0 Å². The second-order valence-corrected chi connectivity index (χ2v) is 11.7. The Morgan fingerprint density at radius 1 is 1.05 bits per heavy atom. The lowest BCUT2D eigenvalue weighted by atomic mass is 10.0. The Labute approximate surface area is 220 Å². The van der Waals surface area contributed by atoms with Gasteiger partial charge in [-0.15, -0.1) is 0 Å². The van der Waals surface area contributed by atoms with Crippen molar-refractivity contribution in [2.75, 3.05) is 35.5 Å². The average molecular weight is 533 g/mol. The van der Waals surface area contributed by atoms with Crippen LogP contribution in [0.3, 0.4) is 0 Å². The molecule has 3 rings (SSSR count). The molecule has 0 bridgehead atoms. The Morgan fingerprint density at radius 3 is 2.43 bits per heavy atom. The van der Waals surface area contributed by atoms with Crippen LogP contribution in [0.25, 0.3) is 0 Å². The lowest BCUT2D eigenvalue weighted by Gasteiger charge is -2.31. The fraction of sp³-hybridized carbons (Fsp3) is 0.577. The van der Waals surface area contributed by atoms with Gasteiger partial charge >= 0.3 is 0 Å². The third-order valence-corrected chi connectivity index (χ3v) is 7.08. The van der Waals surface area contributed by atoms with Gasteiger partial charge in [0.05, 0.1) is 12.8 Å². The SMILES string of the molecule is CC(=O)N1CCCCCCCN(C(C)C)Cc2cc(C(=O)NCCn3ccc(NS(C)(=O)=O)n3)ccc21. The third-order valence-electron chi connectivity index (χ3n) is 6.50. The molecule has 0 unspecified atom stereocenters. The molecule has 1 aliphatic rings. The third kappa shape index (κ3) is 8.85. The van der Waals surface area contributed by atoms with Crippen LogP contribution in [0.4, 0.5) is 11.5 Å². The zero-order valence-electron chi connectivity index (χ0n) is 22.4. The van der Waals surface area contributed by atoms with Gasteiger partial charge in [-0.3, -0.25) is 23.9 Å². The molecule has 0 fully saturated rings. The van der Waals surface area contributed by atoms with Crippen LogP contribution in [-0.4, -0.2) is 66.8 Å². The number of sulfonamides is 1. The number of nitrogens with zero attached hydrogens (tertiary/aromatic N) is 4. The summed E-state index contributed by atoms with van der Waals surface area (Å²) in [5.74, 6) is 0.0371. The minimum absolute atomic E-state index is 0.00978. The van der Waals surface area contributed by atoms with Crippen LogP contribution in [0.5, 0.6) is 0 Å². The normalized spacial score (nSPS) is 16.0. The maximum Gasteiger partial charge on any atom is 0.251 e. The molecule has 0 radical (unpaired) electrons. The van der Waals surface area contributed by atoms with Crippen LogP contribution in [0.15, 0.2) is 30.5 Å². The van der Waals surface area contributed by atoms with Crippen molar-refractivity contribution in [1.82, 2.24) is 20.0 Å². The smallest absolute Gasteiger partial charge is 0.251 e. The molecule has 2 heterocycles. The van der Waals surface area contributed by atoms with Crippen molar-refractivity contribution < 1.29 is 18.0 Å². The summed E-state index contributed by atoms with van der Waals surface area (Å²) in [7, 11) is -3.40. The monoisotopic (exact) mass is 532 g/mol. The Kier molecular flexibility index (Phi) is 10.1. The van der Waals surface area contributed by atoms with E-state index in [1.54, 1.807) is 29.9 Å². The molecule has 0 saturated heterocycles. The average Bonchev–Trinajstić information content (AvgIpc) is 3.24. The number of aromatic nitrogens is 2. The second-order valence-electron chi connectivity index (χ2n) is 9.94. The first-order chi connectivity index (χ1) is 17.5. The van der Waals surface area contributed by atoms with E-state index in [1.165, 1.54) is 12.8 Å². The Hall–Kier alpha value is -2.92. The van der Waals surface area contributed by atoms with Gasteiger partial charge in [0, 0.05) is 56.1 Å². The molecule has 2 aromatic rings. The Bertz CT molecular complexity index is 1180. The van der Waals surface area contributed by atoms with Crippen molar-refractivity contribution >= 4 is 33.3 Å². The van der Waals surface area contributed by atoms with Crippen LogP contribution in [-0.2, 0) is 27.9 Å². The number of hydrogen-bond acceptors (Lipinski definition) is 6. The Morgan fingerprint density at radius 2 is 1.76 bits per heavy atom. The second kappa shape index (κ2) is 13.0. The lowest BCUT2D eigenvalue weighted by Crippen LogP contribution is -2.35. The number of amides is 2. The van der Waals surface area contributed by atoms with Gasteiger partial charge in [-0.2, -0.15) is 5.10 Å². The van der Waals surface area contributed by atoms with Gasteiger partial charge in [0.1, 0.15) is 0 Å². The minimum Gasteiger partial charge on any atom is -0.350 e. The highest BCUT2D eigenvalue weighted by atomic mass is 32.2. The fourth-order valence-electron chi connectivity index (χ4n) is 4.53. The van der Waals surface area contributed by atoms with E-state index in [1.807, 2.05) is 17.0 Å². The maximum atomic E-state index is 13.0. The largest absolute Gasteiger partial charge is 0.350 e. The number of anilines is 2. The zero-order chi connectivity index (χ0) is 27.0. The predicted octanol–water partition coefficient (Wildman–Crippen LogP) is 3.21. The van der Waals surface area contributed by atoms with Crippen molar-refractivity contribution in [3.63, 3.8) is 0 Å². The summed E-state index contributed by atoms with van der Waals surface area (Å²) in [5.41, 5.74) is 2.39. The van der Waals surface area contributed by atoms with E-state index >= 15 is 0 Å². The molecule has 11 heteroatoms. The summed E-state index contributed by atoms with van der Waals surface area (Å²) < 4.78 is 26.6. The van der Waals surface area contributed by atoms with E-state index in [4.69, 9.17) is 0 Å². The molecule has 1 aromatic carbocycles. The van der Waals surface area contributed by atoms with E-state index in [2.05, 4.69) is 33.9 Å².